The van der Waals surface area contributed by atoms with Crippen LogP contribution in [-0.4, -0.2) is 32.8 Å². The van der Waals surface area contributed by atoms with E-state index in [1.807, 2.05) is 68.1 Å². The first kappa shape index (κ1) is 24.4. The molecule has 0 spiro atoms. The Balaban J connectivity index is 1.46. The molecule has 1 saturated carbocycles. The summed E-state index contributed by atoms with van der Waals surface area (Å²) in [4.78, 5) is 16.5. The Bertz CT molecular complexity index is 1450. The van der Waals surface area contributed by atoms with E-state index < -0.39 is 0 Å². The molecule has 2 N–H and O–H groups in total. The maximum absolute atomic E-state index is 12.1. The molecule has 0 bridgehead atoms. The topological polar surface area (TPSA) is 96.9 Å². The maximum atomic E-state index is 12.1. The van der Waals surface area contributed by atoms with Crippen LogP contribution in [0, 0.1) is 11.3 Å². The number of fused-ring (bicyclic) bond motifs is 1. The van der Waals surface area contributed by atoms with Crippen molar-refractivity contribution in [2.45, 2.75) is 51.6 Å². The van der Waals surface area contributed by atoms with Crippen molar-refractivity contribution in [3.63, 3.8) is 0 Å². The molecule has 0 radical (unpaired) electrons. The third-order valence-corrected chi connectivity index (χ3v) is 6.88. The first-order valence-electron chi connectivity index (χ1n) is 12.8. The summed E-state index contributed by atoms with van der Waals surface area (Å²) in [6.07, 6.45) is 7.79. The minimum Gasteiger partial charge on any atom is -0.493 e. The van der Waals surface area contributed by atoms with Gasteiger partial charge in [-0.05, 0) is 62.9 Å². The molecule has 0 aliphatic heterocycles. The predicted octanol–water partition coefficient (Wildman–Crippen LogP) is 5.79. The molecule has 0 saturated heterocycles. The van der Waals surface area contributed by atoms with E-state index in [1.54, 1.807) is 6.20 Å². The number of ether oxygens (including phenoxy) is 1. The van der Waals surface area contributed by atoms with Gasteiger partial charge >= 0.3 is 6.03 Å². The number of aryl methyl sites for hydroxylation is 1. The van der Waals surface area contributed by atoms with Gasteiger partial charge in [-0.25, -0.2) is 9.78 Å². The van der Waals surface area contributed by atoms with Crippen molar-refractivity contribution in [1.29, 1.82) is 5.26 Å². The Morgan fingerprint density at radius 2 is 2.00 bits per heavy atom. The fourth-order valence-electron chi connectivity index (χ4n) is 4.84. The summed E-state index contributed by atoms with van der Waals surface area (Å²) in [5.41, 5.74) is 4.26. The minimum atomic E-state index is -0.237. The summed E-state index contributed by atoms with van der Waals surface area (Å²) >= 11 is 0. The summed E-state index contributed by atoms with van der Waals surface area (Å²) in [6, 6.07) is 16.3. The first-order chi connectivity index (χ1) is 17.9. The number of anilines is 1. The van der Waals surface area contributed by atoms with Crippen molar-refractivity contribution in [2.75, 3.05) is 11.9 Å². The second-order valence-electron chi connectivity index (χ2n) is 9.85. The van der Waals surface area contributed by atoms with Crippen LogP contribution in [0.5, 0.6) is 5.75 Å². The highest BCUT2D eigenvalue weighted by Crippen LogP contribution is 2.43. The lowest BCUT2D eigenvalue weighted by molar-refractivity contribution is 0.250. The summed E-state index contributed by atoms with van der Waals surface area (Å²) in [6.45, 7) is 4.36. The van der Waals surface area contributed by atoms with Gasteiger partial charge in [0.1, 0.15) is 17.6 Å². The average Bonchev–Trinajstić information content (AvgIpc) is 3.38. The Kier molecular flexibility index (Phi) is 6.87. The van der Waals surface area contributed by atoms with Gasteiger partial charge in [-0.1, -0.05) is 12.1 Å². The van der Waals surface area contributed by atoms with E-state index >= 15 is 0 Å². The van der Waals surface area contributed by atoms with E-state index in [4.69, 9.17) is 4.74 Å². The van der Waals surface area contributed by atoms with Crippen molar-refractivity contribution in [3.8, 4) is 23.1 Å². The van der Waals surface area contributed by atoms with Crippen LogP contribution in [0.1, 0.15) is 50.5 Å². The van der Waals surface area contributed by atoms with Crippen molar-refractivity contribution in [2.24, 2.45) is 7.05 Å². The molecule has 37 heavy (non-hydrogen) atoms. The number of nitriles is 1. The SMILES string of the molecule is CC(C)NC(=O)Nc1ccc(-c2c(C#N)c3ccc(OCCc4nccn4C)cc3n2C2CCC2)cc1. The van der Waals surface area contributed by atoms with Gasteiger partial charge in [-0.15, -0.1) is 0 Å². The van der Waals surface area contributed by atoms with E-state index in [0.29, 0.717) is 23.9 Å². The monoisotopic (exact) mass is 496 g/mol. The Morgan fingerprint density at radius 3 is 2.62 bits per heavy atom. The maximum Gasteiger partial charge on any atom is 0.319 e. The second-order valence-corrected chi connectivity index (χ2v) is 9.85. The highest BCUT2D eigenvalue weighted by atomic mass is 16.5. The molecule has 0 unspecified atom stereocenters. The van der Waals surface area contributed by atoms with Gasteiger partial charge in [0, 0.05) is 55.1 Å². The lowest BCUT2D eigenvalue weighted by Crippen LogP contribution is -2.34. The number of aromatic nitrogens is 3. The lowest BCUT2D eigenvalue weighted by atomic mass is 9.92. The molecular formula is C29H32N6O2. The fraction of sp³-hybridized carbons (Fsp3) is 0.345. The van der Waals surface area contributed by atoms with E-state index in [-0.39, 0.29) is 12.1 Å². The summed E-state index contributed by atoms with van der Waals surface area (Å²) < 4.78 is 10.4. The van der Waals surface area contributed by atoms with Gasteiger partial charge in [-0.2, -0.15) is 5.26 Å². The third kappa shape index (κ3) is 5.03. The first-order valence-corrected chi connectivity index (χ1v) is 12.8. The summed E-state index contributed by atoms with van der Waals surface area (Å²) in [5, 5.41) is 16.8. The van der Waals surface area contributed by atoms with Crippen LogP contribution < -0.4 is 15.4 Å². The van der Waals surface area contributed by atoms with Crippen LogP contribution in [-0.2, 0) is 13.5 Å². The number of benzene rings is 2. The van der Waals surface area contributed by atoms with Gasteiger partial charge in [0.15, 0.2) is 0 Å². The Hall–Kier alpha value is -4.25. The zero-order valence-corrected chi connectivity index (χ0v) is 21.5. The number of hydrogen-bond donors (Lipinski definition) is 2. The lowest BCUT2D eigenvalue weighted by Gasteiger charge is -2.30. The number of hydrogen-bond acceptors (Lipinski definition) is 4. The molecule has 190 valence electrons. The number of imidazole rings is 1. The standard InChI is InChI=1S/C29H32N6O2/c1-19(2)32-29(36)33-21-9-7-20(8-10-21)28-25(18-30)24-12-11-23(17-26(24)35(28)22-5-4-6-22)37-16-13-27-31-14-15-34(27)3/h7-12,14-15,17,19,22H,4-6,13,16H2,1-3H3,(H2,32,33,36). The molecule has 8 nitrogen and oxygen atoms in total. The van der Waals surface area contributed by atoms with Gasteiger partial charge in [0.2, 0.25) is 0 Å². The fourth-order valence-corrected chi connectivity index (χ4v) is 4.84. The van der Waals surface area contributed by atoms with E-state index in [9.17, 15) is 10.1 Å². The number of rotatable bonds is 8. The number of amides is 2. The van der Waals surface area contributed by atoms with Gasteiger partial charge in [-0.3, -0.25) is 0 Å². The average molecular weight is 497 g/mol. The highest BCUT2D eigenvalue weighted by molar-refractivity contribution is 5.96. The molecule has 2 aromatic heterocycles. The van der Waals surface area contributed by atoms with Gasteiger partial charge in [0.25, 0.3) is 0 Å². The van der Waals surface area contributed by atoms with Gasteiger partial charge in [0.05, 0.1) is 23.4 Å². The molecule has 1 aliphatic carbocycles. The minimum absolute atomic E-state index is 0.0549. The van der Waals surface area contributed by atoms with Crippen LogP contribution in [0.4, 0.5) is 10.5 Å². The zero-order chi connectivity index (χ0) is 25.9. The van der Waals surface area contributed by atoms with Gasteiger partial charge < -0.3 is 24.5 Å². The normalized spacial score (nSPS) is 13.4. The Morgan fingerprint density at radius 1 is 1.22 bits per heavy atom. The molecule has 4 aromatic rings. The molecule has 0 atom stereocenters. The largest absolute Gasteiger partial charge is 0.493 e. The summed E-state index contributed by atoms with van der Waals surface area (Å²) in [7, 11) is 1.98. The number of nitrogens with zero attached hydrogens (tertiary/aromatic N) is 4. The van der Waals surface area contributed by atoms with Crippen molar-refractivity contribution < 1.29 is 9.53 Å². The molecule has 2 amide bonds. The predicted molar refractivity (Wildman–Crippen MR) is 145 cm³/mol. The zero-order valence-electron chi connectivity index (χ0n) is 21.5. The van der Waals surface area contributed by atoms with Crippen LogP contribution in [0.3, 0.4) is 0 Å². The number of carbonyl (C=O) groups is 1. The number of urea groups is 1. The molecule has 1 aliphatic rings. The number of carbonyl (C=O) groups excluding carboxylic acids is 1. The van der Waals surface area contributed by atoms with Crippen molar-refractivity contribution in [3.05, 3.63) is 66.2 Å². The molecule has 2 heterocycles. The van der Waals surface area contributed by atoms with Crippen LogP contribution in [0.15, 0.2) is 54.9 Å². The molecule has 1 fully saturated rings. The molecule has 2 aromatic carbocycles. The van der Waals surface area contributed by atoms with Crippen molar-refractivity contribution >= 4 is 22.6 Å². The highest BCUT2D eigenvalue weighted by Gasteiger charge is 2.28. The second kappa shape index (κ2) is 10.4. The number of nitrogens with one attached hydrogen (secondary N) is 2. The van der Waals surface area contributed by atoms with Crippen LogP contribution >= 0.6 is 0 Å². The quantitative estimate of drug-likeness (QED) is 0.323. The smallest absolute Gasteiger partial charge is 0.319 e. The van der Waals surface area contributed by atoms with E-state index in [1.165, 1.54) is 6.42 Å². The van der Waals surface area contributed by atoms with Crippen LogP contribution in [0.25, 0.3) is 22.2 Å². The van der Waals surface area contributed by atoms with E-state index in [2.05, 4.69) is 32.3 Å². The molecule has 8 heteroatoms. The third-order valence-electron chi connectivity index (χ3n) is 6.88. The van der Waals surface area contributed by atoms with Crippen LogP contribution in [0.2, 0.25) is 0 Å². The Labute approximate surface area is 216 Å². The van der Waals surface area contributed by atoms with E-state index in [0.717, 1.165) is 53.0 Å². The molecular weight excluding hydrogens is 464 g/mol. The summed E-state index contributed by atoms with van der Waals surface area (Å²) in [5.74, 6) is 1.76. The molecule has 5 rings (SSSR count). The van der Waals surface area contributed by atoms with Crippen molar-refractivity contribution in [1.82, 2.24) is 19.4 Å².